The van der Waals surface area contributed by atoms with Crippen molar-refractivity contribution in [3.8, 4) is 5.69 Å². The highest BCUT2D eigenvalue weighted by Crippen LogP contribution is 2.14. The average Bonchev–Trinajstić information content (AvgIpc) is 3.06. The first-order valence-corrected chi connectivity index (χ1v) is 8.05. The van der Waals surface area contributed by atoms with Gasteiger partial charge in [-0.15, -0.1) is 11.7 Å². The van der Waals surface area contributed by atoms with Crippen molar-refractivity contribution in [3.05, 3.63) is 43.2 Å². The van der Waals surface area contributed by atoms with E-state index in [4.69, 9.17) is 4.74 Å². The molecule has 0 saturated heterocycles. The minimum atomic E-state index is -4.03. The molecule has 0 unspecified atom stereocenters. The van der Waals surface area contributed by atoms with E-state index in [2.05, 4.69) is 22.1 Å². The Balaban J connectivity index is 2.18. The molecule has 0 fully saturated rings. The lowest BCUT2D eigenvalue weighted by Crippen LogP contribution is -2.38. The van der Waals surface area contributed by atoms with Crippen molar-refractivity contribution in [1.29, 1.82) is 0 Å². The second-order valence-electron chi connectivity index (χ2n) is 4.49. The van der Waals surface area contributed by atoms with Crippen LogP contribution in [0.4, 0.5) is 0 Å². The molecule has 1 aromatic carbocycles. The molecule has 10 heteroatoms. The molecule has 0 radical (unpaired) electrons. The molecule has 9 nitrogen and oxygen atoms in total. The summed E-state index contributed by atoms with van der Waals surface area (Å²) in [7, 11) is -4.03. The molecule has 1 heterocycles. The van der Waals surface area contributed by atoms with Crippen LogP contribution in [0, 0.1) is 0 Å². The largest absolute Gasteiger partial charge is 0.365 e. The van der Waals surface area contributed by atoms with E-state index in [1.54, 1.807) is 6.07 Å². The van der Waals surface area contributed by atoms with Gasteiger partial charge in [0, 0.05) is 0 Å². The highest BCUT2D eigenvalue weighted by molar-refractivity contribution is 7.90. The number of tetrazole rings is 1. The Morgan fingerprint density at radius 3 is 2.96 bits per heavy atom. The number of sulfonamides is 1. The number of hydrogen-bond donors (Lipinski definition) is 1. The van der Waals surface area contributed by atoms with Crippen LogP contribution in [0.25, 0.3) is 5.69 Å². The minimum Gasteiger partial charge on any atom is -0.365 e. The lowest BCUT2D eigenvalue weighted by Gasteiger charge is -2.13. The van der Waals surface area contributed by atoms with Gasteiger partial charge in [0.15, 0.2) is 0 Å². The molecule has 1 atom stereocenters. The maximum Gasteiger partial charge on any atom is 0.264 e. The number of carbonyl (C=O) groups is 1. The lowest BCUT2D eigenvalue weighted by atomic mass is 10.3. The summed E-state index contributed by atoms with van der Waals surface area (Å²) in [5.74, 6) is -0.764. The fraction of sp³-hybridized carbons (Fsp3) is 0.231. The predicted octanol–water partition coefficient (Wildman–Crippen LogP) is 0.0583. The van der Waals surface area contributed by atoms with Gasteiger partial charge in [-0.25, -0.2) is 17.8 Å². The molecule has 0 aliphatic rings. The standard InChI is InChI=1S/C13H15N5O4S/c1-3-7-22-10(2)13(19)15-23(20,21)12-6-4-5-11(8-12)18-9-14-16-17-18/h3-6,8-10H,1,7H2,2H3,(H,15,19)/t10-/m1/s1. The van der Waals surface area contributed by atoms with Gasteiger partial charge in [-0.2, -0.15) is 0 Å². The molecular formula is C13H15N5O4S. The molecule has 1 amide bonds. The van der Waals surface area contributed by atoms with Crippen LogP contribution in [0.5, 0.6) is 0 Å². The second kappa shape index (κ2) is 7.11. The average molecular weight is 337 g/mol. The number of carbonyl (C=O) groups excluding carboxylic acids is 1. The number of aromatic nitrogens is 4. The highest BCUT2D eigenvalue weighted by Gasteiger charge is 2.22. The fourth-order valence-corrected chi connectivity index (χ4v) is 2.72. The van der Waals surface area contributed by atoms with Crippen LogP contribution in [0.15, 0.2) is 48.1 Å². The Labute approximate surface area is 133 Å². The topological polar surface area (TPSA) is 116 Å². The molecule has 122 valence electrons. The number of hydrogen-bond acceptors (Lipinski definition) is 7. The Kier molecular flexibility index (Phi) is 5.19. The van der Waals surface area contributed by atoms with Crippen LogP contribution < -0.4 is 4.72 Å². The van der Waals surface area contributed by atoms with Gasteiger partial charge in [-0.1, -0.05) is 12.1 Å². The van der Waals surface area contributed by atoms with Gasteiger partial charge < -0.3 is 4.74 Å². The van der Waals surface area contributed by atoms with Crippen molar-refractivity contribution in [2.45, 2.75) is 17.9 Å². The quantitative estimate of drug-likeness (QED) is 0.710. The fourth-order valence-electron chi connectivity index (χ4n) is 1.64. The maximum absolute atomic E-state index is 12.3. The third-order valence-electron chi connectivity index (χ3n) is 2.81. The Bertz CT molecular complexity index is 788. The molecule has 0 aliphatic carbocycles. The molecule has 23 heavy (non-hydrogen) atoms. The summed E-state index contributed by atoms with van der Waals surface area (Å²) in [6.07, 6.45) is 1.87. The van der Waals surface area contributed by atoms with Crippen molar-refractivity contribution >= 4 is 15.9 Å². The third-order valence-corrected chi connectivity index (χ3v) is 4.15. The van der Waals surface area contributed by atoms with Crippen LogP contribution in [-0.2, 0) is 19.6 Å². The summed E-state index contributed by atoms with van der Waals surface area (Å²) in [5.41, 5.74) is 0.446. The van der Waals surface area contributed by atoms with E-state index < -0.39 is 22.0 Å². The second-order valence-corrected chi connectivity index (χ2v) is 6.17. The lowest BCUT2D eigenvalue weighted by molar-refractivity contribution is -0.129. The van der Waals surface area contributed by atoms with E-state index in [-0.39, 0.29) is 11.5 Å². The Hall–Kier alpha value is -2.59. The molecule has 0 saturated carbocycles. The zero-order chi connectivity index (χ0) is 16.9. The number of ether oxygens (including phenoxy) is 1. The van der Waals surface area contributed by atoms with Crippen molar-refractivity contribution in [2.24, 2.45) is 0 Å². The van der Waals surface area contributed by atoms with Gasteiger partial charge in [-0.3, -0.25) is 4.79 Å². The van der Waals surface area contributed by atoms with Crippen molar-refractivity contribution in [1.82, 2.24) is 24.9 Å². The van der Waals surface area contributed by atoms with Crippen LogP contribution in [-0.4, -0.2) is 47.2 Å². The van der Waals surface area contributed by atoms with Crippen molar-refractivity contribution in [3.63, 3.8) is 0 Å². The number of amides is 1. The number of rotatable bonds is 7. The number of nitrogens with zero attached hydrogens (tertiary/aromatic N) is 4. The third kappa shape index (κ3) is 4.20. The SMILES string of the molecule is C=CCO[C@H](C)C(=O)NS(=O)(=O)c1cccc(-n2cnnn2)c1. The molecule has 0 bridgehead atoms. The van der Waals surface area contributed by atoms with Gasteiger partial charge in [-0.05, 0) is 35.5 Å². The van der Waals surface area contributed by atoms with Crippen LogP contribution in [0.2, 0.25) is 0 Å². The first kappa shape index (κ1) is 16.8. The normalized spacial score (nSPS) is 12.6. The summed E-state index contributed by atoms with van der Waals surface area (Å²) >= 11 is 0. The van der Waals surface area contributed by atoms with Gasteiger partial charge in [0.1, 0.15) is 12.4 Å². The van der Waals surface area contributed by atoms with Gasteiger partial charge in [0.05, 0.1) is 17.2 Å². The summed E-state index contributed by atoms with van der Waals surface area (Å²) in [6, 6.07) is 5.86. The van der Waals surface area contributed by atoms with E-state index in [1.165, 1.54) is 42.2 Å². The first-order chi connectivity index (χ1) is 10.9. The minimum absolute atomic E-state index is 0.0882. The molecule has 1 N–H and O–H groups in total. The summed E-state index contributed by atoms with van der Waals surface area (Å²) in [5, 5.41) is 10.6. The van der Waals surface area contributed by atoms with Crippen molar-refractivity contribution in [2.75, 3.05) is 6.61 Å². The van der Waals surface area contributed by atoms with E-state index in [1.807, 2.05) is 4.72 Å². The summed E-state index contributed by atoms with van der Waals surface area (Å²) in [4.78, 5) is 11.8. The summed E-state index contributed by atoms with van der Waals surface area (Å²) < 4.78 is 32.9. The molecular weight excluding hydrogens is 322 g/mol. The van der Waals surface area contributed by atoms with Gasteiger partial charge in [0.25, 0.3) is 15.9 Å². The molecule has 0 aliphatic heterocycles. The Morgan fingerprint density at radius 1 is 1.52 bits per heavy atom. The maximum atomic E-state index is 12.3. The van der Waals surface area contributed by atoms with E-state index in [0.29, 0.717) is 5.69 Å². The van der Waals surface area contributed by atoms with Crippen LogP contribution in [0.1, 0.15) is 6.92 Å². The molecule has 2 rings (SSSR count). The van der Waals surface area contributed by atoms with Gasteiger partial charge in [0.2, 0.25) is 0 Å². The van der Waals surface area contributed by atoms with Gasteiger partial charge >= 0.3 is 0 Å². The van der Waals surface area contributed by atoms with Crippen LogP contribution >= 0.6 is 0 Å². The van der Waals surface area contributed by atoms with E-state index >= 15 is 0 Å². The zero-order valence-corrected chi connectivity index (χ0v) is 13.1. The molecule has 1 aromatic heterocycles. The predicted molar refractivity (Wildman–Crippen MR) is 80.1 cm³/mol. The van der Waals surface area contributed by atoms with Crippen LogP contribution in [0.3, 0.4) is 0 Å². The highest BCUT2D eigenvalue weighted by atomic mass is 32.2. The number of benzene rings is 1. The molecule has 2 aromatic rings. The monoisotopic (exact) mass is 337 g/mol. The Morgan fingerprint density at radius 2 is 2.30 bits per heavy atom. The van der Waals surface area contributed by atoms with E-state index in [9.17, 15) is 13.2 Å². The van der Waals surface area contributed by atoms with E-state index in [0.717, 1.165) is 0 Å². The smallest absolute Gasteiger partial charge is 0.264 e. The number of nitrogens with one attached hydrogen (secondary N) is 1. The first-order valence-electron chi connectivity index (χ1n) is 6.56. The summed E-state index contributed by atoms with van der Waals surface area (Å²) in [6.45, 7) is 5.05. The molecule has 0 spiro atoms. The zero-order valence-electron chi connectivity index (χ0n) is 12.3. The van der Waals surface area contributed by atoms with Crippen molar-refractivity contribution < 1.29 is 17.9 Å².